The van der Waals surface area contributed by atoms with Crippen molar-refractivity contribution in [3.63, 3.8) is 0 Å². The number of ether oxygens (including phenoxy) is 3. The van der Waals surface area contributed by atoms with Gasteiger partial charge in [0.05, 0.1) is 7.11 Å². The largest absolute Gasteiger partial charge is 0.497 e. The van der Waals surface area contributed by atoms with E-state index in [1.165, 1.54) is 24.3 Å². The van der Waals surface area contributed by atoms with E-state index in [2.05, 4.69) is 5.32 Å². The fourth-order valence-corrected chi connectivity index (χ4v) is 1.89. The highest BCUT2D eigenvalue weighted by Crippen LogP contribution is 2.16. The summed E-state index contributed by atoms with van der Waals surface area (Å²) in [5.41, 5.74) is 0.261. The highest BCUT2D eigenvalue weighted by molar-refractivity contribution is 5.95. The number of hydrogen-bond donors (Lipinski definition) is 1. The number of halogens is 1. The summed E-state index contributed by atoms with van der Waals surface area (Å²) < 4.78 is 28.2. The molecular formula is C18H18FNO5. The Balaban J connectivity index is 1.63. The molecule has 0 aliphatic rings. The number of rotatable bonds is 8. The molecule has 0 bridgehead atoms. The van der Waals surface area contributed by atoms with Gasteiger partial charge in [0.15, 0.2) is 0 Å². The minimum absolute atomic E-state index is 0.0529. The zero-order valence-corrected chi connectivity index (χ0v) is 13.7. The average molecular weight is 347 g/mol. The van der Waals surface area contributed by atoms with Crippen molar-refractivity contribution in [2.45, 2.75) is 0 Å². The van der Waals surface area contributed by atoms with Crippen molar-refractivity contribution >= 4 is 11.9 Å². The van der Waals surface area contributed by atoms with Gasteiger partial charge in [-0.05, 0) is 48.5 Å². The van der Waals surface area contributed by atoms with Crippen LogP contribution in [0, 0.1) is 5.82 Å². The third kappa shape index (κ3) is 6.14. The van der Waals surface area contributed by atoms with Gasteiger partial charge in [0.1, 0.15) is 37.1 Å². The van der Waals surface area contributed by atoms with Gasteiger partial charge in [-0.15, -0.1) is 0 Å². The number of esters is 1. The second kappa shape index (κ2) is 9.27. The summed E-state index contributed by atoms with van der Waals surface area (Å²) in [4.78, 5) is 23.3. The van der Waals surface area contributed by atoms with Crippen molar-refractivity contribution < 1.29 is 28.2 Å². The second-order valence-corrected chi connectivity index (χ2v) is 4.93. The molecule has 2 aromatic rings. The molecule has 0 heterocycles. The fraction of sp³-hybridized carbons (Fsp3) is 0.222. The quantitative estimate of drug-likeness (QED) is 0.585. The van der Waals surface area contributed by atoms with E-state index in [4.69, 9.17) is 14.2 Å². The number of nitrogens with one attached hydrogen (secondary N) is 1. The number of carbonyl (C=O) groups excluding carboxylic acids is 2. The normalized spacial score (nSPS) is 10.0. The minimum atomic E-state index is -0.589. The lowest BCUT2D eigenvalue weighted by molar-refractivity contribution is -0.143. The number of methoxy groups -OCH3 is 1. The minimum Gasteiger partial charge on any atom is -0.497 e. The van der Waals surface area contributed by atoms with Crippen LogP contribution in [0.4, 0.5) is 4.39 Å². The number of carbonyl (C=O) groups is 2. The smallest absolute Gasteiger partial charge is 0.325 e. The van der Waals surface area contributed by atoms with Crippen molar-refractivity contribution in [2.75, 3.05) is 26.9 Å². The van der Waals surface area contributed by atoms with Crippen LogP contribution in [0.5, 0.6) is 11.5 Å². The monoisotopic (exact) mass is 347 g/mol. The molecule has 0 atom stereocenters. The topological polar surface area (TPSA) is 73.9 Å². The van der Waals surface area contributed by atoms with Gasteiger partial charge in [0, 0.05) is 5.56 Å². The van der Waals surface area contributed by atoms with Crippen LogP contribution in [-0.2, 0) is 9.53 Å². The molecule has 0 aromatic heterocycles. The van der Waals surface area contributed by atoms with Crippen LogP contribution in [0.2, 0.25) is 0 Å². The van der Waals surface area contributed by atoms with Crippen LogP contribution in [0.1, 0.15) is 10.4 Å². The van der Waals surface area contributed by atoms with Crippen molar-refractivity contribution in [2.24, 2.45) is 0 Å². The molecule has 2 aromatic carbocycles. The molecule has 132 valence electrons. The molecule has 6 nitrogen and oxygen atoms in total. The molecule has 0 aliphatic carbocycles. The molecule has 25 heavy (non-hydrogen) atoms. The van der Waals surface area contributed by atoms with Crippen molar-refractivity contribution in [3.05, 3.63) is 59.9 Å². The lowest BCUT2D eigenvalue weighted by Gasteiger charge is -2.09. The molecule has 1 N–H and O–H groups in total. The number of amides is 1. The van der Waals surface area contributed by atoms with E-state index in [9.17, 15) is 14.0 Å². The van der Waals surface area contributed by atoms with Gasteiger partial charge < -0.3 is 19.5 Å². The molecule has 0 radical (unpaired) electrons. The van der Waals surface area contributed by atoms with Gasteiger partial charge in [-0.25, -0.2) is 4.39 Å². The van der Waals surface area contributed by atoms with Gasteiger partial charge in [-0.1, -0.05) is 0 Å². The number of hydrogen-bond acceptors (Lipinski definition) is 5. The van der Waals surface area contributed by atoms with Gasteiger partial charge in [-0.2, -0.15) is 0 Å². The van der Waals surface area contributed by atoms with Crippen molar-refractivity contribution in [1.29, 1.82) is 0 Å². The van der Waals surface area contributed by atoms with Crippen molar-refractivity contribution in [3.8, 4) is 11.5 Å². The van der Waals surface area contributed by atoms with E-state index in [1.54, 1.807) is 31.4 Å². The molecule has 0 aliphatic heterocycles. The Kier molecular flexibility index (Phi) is 6.76. The maximum atomic E-state index is 12.8. The van der Waals surface area contributed by atoms with E-state index < -0.39 is 17.7 Å². The summed E-state index contributed by atoms with van der Waals surface area (Å²) in [6.45, 7) is -0.0417. The zero-order valence-electron chi connectivity index (χ0n) is 13.7. The van der Waals surface area contributed by atoms with Gasteiger partial charge in [0.2, 0.25) is 0 Å². The first kappa shape index (κ1) is 18.3. The SMILES string of the molecule is COc1ccc(OCCOC(=O)CNC(=O)c2ccc(F)cc2)cc1. The van der Waals surface area contributed by atoms with Gasteiger partial charge >= 0.3 is 5.97 Å². The van der Waals surface area contributed by atoms with E-state index in [1.807, 2.05) is 0 Å². The summed E-state index contributed by atoms with van der Waals surface area (Å²) in [6.07, 6.45) is 0. The molecule has 1 amide bonds. The Morgan fingerprint density at radius 2 is 1.60 bits per heavy atom. The standard InChI is InChI=1S/C18H18FNO5/c1-23-15-6-8-16(9-7-15)24-10-11-25-17(21)12-20-18(22)13-2-4-14(19)5-3-13/h2-9H,10-12H2,1H3,(H,20,22). The van der Waals surface area contributed by atoms with Crippen LogP contribution >= 0.6 is 0 Å². The third-order valence-corrected chi connectivity index (χ3v) is 3.17. The second-order valence-electron chi connectivity index (χ2n) is 4.93. The Labute approximate surface area is 144 Å². The van der Waals surface area contributed by atoms with Crippen molar-refractivity contribution in [1.82, 2.24) is 5.32 Å². The van der Waals surface area contributed by atoms with E-state index in [0.717, 1.165) is 5.75 Å². The molecule has 2 rings (SSSR count). The van der Waals surface area contributed by atoms with Crippen LogP contribution in [-0.4, -0.2) is 38.7 Å². The summed E-state index contributed by atoms with van der Waals surface area (Å²) in [5, 5.41) is 2.40. The van der Waals surface area contributed by atoms with Crippen LogP contribution in [0.25, 0.3) is 0 Å². The Bertz CT molecular complexity index is 700. The molecule has 0 unspecified atom stereocenters. The first-order valence-corrected chi connectivity index (χ1v) is 7.55. The fourth-order valence-electron chi connectivity index (χ4n) is 1.89. The molecule has 0 fully saturated rings. The molecule has 0 saturated heterocycles. The summed E-state index contributed by atoms with van der Waals surface area (Å²) in [7, 11) is 1.57. The van der Waals surface area contributed by atoms with Crippen LogP contribution < -0.4 is 14.8 Å². The van der Waals surface area contributed by atoms with Crippen LogP contribution in [0.3, 0.4) is 0 Å². The summed E-state index contributed by atoms with van der Waals surface area (Å²) in [5.74, 6) is -0.162. The maximum Gasteiger partial charge on any atom is 0.325 e. The Morgan fingerprint density at radius 3 is 2.24 bits per heavy atom. The van der Waals surface area contributed by atoms with E-state index in [-0.39, 0.29) is 25.3 Å². The van der Waals surface area contributed by atoms with Gasteiger partial charge in [0.25, 0.3) is 5.91 Å². The maximum absolute atomic E-state index is 12.8. The lowest BCUT2D eigenvalue weighted by atomic mass is 10.2. The Hall–Kier alpha value is -3.09. The molecular weight excluding hydrogens is 329 g/mol. The summed E-state index contributed by atoms with van der Waals surface area (Å²) in [6, 6.07) is 12.0. The molecule has 0 saturated carbocycles. The molecule has 7 heteroatoms. The summed E-state index contributed by atoms with van der Waals surface area (Å²) >= 11 is 0. The first-order chi connectivity index (χ1) is 12.1. The zero-order chi connectivity index (χ0) is 18.1. The first-order valence-electron chi connectivity index (χ1n) is 7.55. The Morgan fingerprint density at radius 1 is 0.960 bits per heavy atom. The lowest BCUT2D eigenvalue weighted by Crippen LogP contribution is -2.31. The average Bonchev–Trinajstić information content (AvgIpc) is 2.64. The predicted molar refractivity (Wildman–Crippen MR) is 88.2 cm³/mol. The van der Waals surface area contributed by atoms with Gasteiger partial charge in [-0.3, -0.25) is 9.59 Å². The van der Waals surface area contributed by atoms with E-state index in [0.29, 0.717) is 5.75 Å². The highest BCUT2D eigenvalue weighted by atomic mass is 19.1. The predicted octanol–water partition coefficient (Wildman–Crippen LogP) is 2.19. The van der Waals surface area contributed by atoms with Crippen LogP contribution in [0.15, 0.2) is 48.5 Å². The highest BCUT2D eigenvalue weighted by Gasteiger charge is 2.09. The third-order valence-electron chi connectivity index (χ3n) is 3.17. The van der Waals surface area contributed by atoms with E-state index >= 15 is 0 Å². The number of benzene rings is 2. The molecule has 0 spiro atoms.